The van der Waals surface area contributed by atoms with E-state index in [4.69, 9.17) is 0 Å². The first-order valence-electron chi connectivity index (χ1n) is 7.70. The third-order valence-electron chi connectivity index (χ3n) is 5.40. The summed E-state index contributed by atoms with van der Waals surface area (Å²) in [5, 5.41) is 0. The SMILES string of the molecule is CCCC1CCC(C2CC(C)CCC2C)C1. The monoisotopic (exact) mass is 222 g/mol. The van der Waals surface area contributed by atoms with Crippen LogP contribution in [0.3, 0.4) is 0 Å². The van der Waals surface area contributed by atoms with Gasteiger partial charge in [0.25, 0.3) is 0 Å². The maximum absolute atomic E-state index is 2.52. The fourth-order valence-corrected chi connectivity index (χ4v) is 4.41. The molecule has 0 amide bonds. The van der Waals surface area contributed by atoms with Crippen molar-refractivity contribution in [2.24, 2.45) is 29.6 Å². The van der Waals surface area contributed by atoms with Crippen LogP contribution >= 0.6 is 0 Å². The first-order valence-corrected chi connectivity index (χ1v) is 7.70. The van der Waals surface area contributed by atoms with Crippen molar-refractivity contribution in [3.63, 3.8) is 0 Å². The van der Waals surface area contributed by atoms with E-state index in [0.717, 1.165) is 29.6 Å². The van der Waals surface area contributed by atoms with Crippen LogP contribution in [0.4, 0.5) is 0 Å². The Hall–Kier alpha value is 0. The van der Waals surface area contributed by atoms with Gasteiger partial charge < -0.3 is 0 Å². The van der Waals surface area contributed by atoms with E-state index in [9.17, 15) is 0 Å². The molecule has 2 aliphatic carbocycles. The minimum atomic E-state index is 1.01. The zero-order valence-corrected chi connectivity index (χ0v) is 11.5. The first kappa shape index (κ1) is 12.5. The van der Waals surface area contributed by atoms with E-state index in [1.54, 1.807) is 12.8 Å². The van der Waals surface area contributed by atoms with Gasteiger partial charge in [0, 0.05) is 0 Å². The Bertz CT molecular complexity index is 208. The zero-order valence-electron chi connectivity index (χ0n) is 11.5. The van der Waals surface area contributed by atoms with E-state index in [1.165, 1.54) is 38.5 Å². The highest BCUT2D eigenvalue weighted by Gasteiger charge is 2.35. The number of hydrogen-bond acceptors (Lipinski definition) is 0. The van der Waals surface area contributed by atoms with Crippen molar-refractivity contribution in [3.05, 3.63) is 0 Å². The van der Waals surface area contributed by atoms with Crippen LogP contribution in [0, 0.1) is 29.6 Å². The minimum absolute atomic E-state index is 1.01. The Morgan fingerprint density at radius 2 is 1.75 bits per heavy atom. The molecule has 5 atom stereocenters. The van der Waals surface area contributed by atoms with Gasteiger partial charge in [0.1, 0.15) is 0 Å². The van der Waals surface area contributed by atoms with E-state index in [-0.39, 0.29) is 0 Å². The maximum Gasteiger partial charge on any atom is -0.0357 e. The van der Waals surface area contributed by atoms with E-state index in [0.29, 0.717) is 0 Å². The van der Waals surface area contributed by atoms with Crippen molar-refractivity contribution >= 4 is 0 Å². The molecular weight excluding hydrogens is 192 g/mol. The van der Waals surface area contributed by atoms with E-state index < -0.39 is 0 Å². The molecule has 0 heteroatoms. The largest absolute Gasteiger partial charge is 0.0654 e. The van der Waals surface area contributed by atoms with Gasteiger partial charge in [-0.05, 0) is 48.9 Å². The van der Waals surface area contributed by atoms with Gasteiger partial charge in [0.2, 0.25) is 0 Å². The predicted molar refractivity (Wildman–Crippen MR) is 71.4 cm³/mol. The molecule has 0 bridgehead atoms. The van der Waals surface area contributed by atoms with Gasteiger partial charge in [0.15, 0.2) is 0 Å². The van der Waals surface area contributed by atoms with Crippen LogP contribution in [0.5, 0.6) is 0 Å². The summed E-state index contributed by atoms with van der Waals surface area (Å²) in [6.45, 7) is 7.33. The van der Waals surface area contributed by atoms with Crippen LogP contribution in [0.2, 0.25) is 0 Å². The van der Waals surface area contributed by atoms with E-state index >= 15 is 0 Å². The highest BCUT2D eigenvalue weighted by Crippen LogP contribution is 2.46. The summed E-state index contributed by atoms with van der Waals surface area (Å²) in [5.41, 5.74) is 0. The summed E-state index contributed by atoms with van der Waals surface area (Å²) in [7, 11) is 0. The predicted octanol–water partition coefficient (Wildman–Crippen LogP) is 5.28. The van der Waals surface area contributed by atoms with Crippen molar-refractivity contribution in [3.8, 4) is 0 Å². The molecule has 0 nitrogen and oxygen atoms in total. The number of rotatable bonds is 3. The molecular formula is C16H30. The molecule has 5 unspecified atom stereocenters. The van der Waals surface area contributed by atoms with Gasteiger partial charge in [-0.15, -0.1) is 0 Å². The molecule has 94 valence electrons. The smallest absolute Gasteiger partial charge is 0.0357 e. The molecule has 2 saturated carbocycles. The van der Waals surface area contributed by atoms with Crippen LogP contribution in [0.15, 0.2) is 0 Å². The van der Waals surface area contributed by atoms with Crippen molar-refractivity contribution in [2.75, 3.05) is 0 Å². The van der Waals surface area contributed by atoms with Crippen LogP contribution in [-0.4, -0.2) is 0 Å². The van der Waals surface area contributed by atoms with Crippen molar-refractivity contribution in [1.29, 1.82) is 0 Å². The summed E-state index contributed by atoms with van der Waals surface area (Å²) < 4.78 is 0. The molecule has 0 N–H and O–H groups in total. The third-order valence-corrected chi connectivity index (χ3v) is 5.40. The Balaban J connectivity index is 1.87. The average Bonchev–Trinajstić information content (AvgIpc) is 2.71. The molecule has 0 spiro atoms. The number of hydrogen-bond donors (Lipinski definition) is 0. The summed E-state index contributed by atoms with van der Waals surface area (Å²) in [6, 6.07) is 0. The lowest BCUT2D eigenvalue weighted by molar-refractivity contribution is 0.137. The molecule has 2 fully saturated rings. The van der Waals surface area contributed by atoms with Crippen molar-refractivity contribution in [2.45, 2.75) is 72.1 Å². The normalized spacial score (nSPS) is 44.8. The lowest BCUT2D eigenvalue weighted by Crippen LogP contribution is -2.27. The summed E-state index contributed by atoms with van der Waals surface area (Å²) >= 11 is 0. The molecule has 0 saturated heterocycles. The fraction of sp³-hybridized carbons (Fsp3) is 1.00. The Morgan fingerprint density at radius 1 is 0.938 bits per heavy atom. The highest BCUT2D eigenvalue weighted by atomic mass is 14.4. The molecule has 0 aromatic carbocycles. The van der Waals surface area contributed by atoms with Gasteiger partial charge in [-0.1, -0.05) is 52.9 Å². The zero-order chi connectivity index (χ0) is 11.5. The van der Waals surface area contributed by atoms with Crippen LogP contribution < -0.4 is 0 Å². The molecule has 2 rings (SSSR count). The molecule has 16 heavy (non-hydrogen) atoms. The third kappa shape index (κ3) is 2.81. The van der Waals surface area contributed by atoms with Crippen molar-refractivity contribution < 1.29 is 0 Å². The van der Waals surface area contributed by atoms with Gasteiger partial charge in [-0.2, -0.15) is 0 Å². The molecule has 2 aliphatic rings. The maximum atomic E-state index is 2.52. The second-order valence-corrected chi connectivity index (χ2v) is 6.79. The second-order valence-electron chi connectivity index (χ2n) is 6.79. The second kappa shape index (κ2) is 5.56. The first-order chi connectivity index (χ1) is 7.70. The lowest BCUT2D eigenvalue weighted by atomic mass is 9.69. The van der Waals surface area contributed by atoms with Crippen LogP contribution in [0.25, 0.3) is 0 Å². The van der Waals surface area contributed by atoms with Crippen LogP contribution in [0.1, 0.15) is 72.1 Å². The van der Waals surface area contributed by atoms with Crippen LogP contribution in [-0.2, 0) is 0 Å². The quantitative estimate of drug-likeness (QED) is 0.610. The van der Waals surface area contributed by atoms with Gasteiger partial charge in [0.05, 0.1) is 0 Å². The van der Waals surface area contributed by atoms with E-state index in [2.05, 4.69) is 20.8 Å². The summed E-state index contributed by atoms with van der Waals surface area (Å²) in [4.78, 5) is 0. The van der Waals surface area contributed by atoms with E-state index in [1.807, 2.05) is 0 Å². The lowest BCUT2D eigenvalue weighted by Gasteiger charge is -2.37. The fourth-order valence-electron chi connectivity index (χ4n) is 4.41. The Labute approximate surface area is 102 Å². The summed E-state index contributed by atoms with van der Waals surface area (Å²) in [5.74, 6) is 5.27. The van der Waals surface area contributed by atoms with Gasteiger partial charge >= 0.3 is 0 Å². The topological polar surface area (TPSA) is 0 Å². The molecule has 0 heterocycles. The highest BCUT2D eigenvalue weighted by molar-refractivity contribution is 4.86. The van der Waals surface area contributed by atoms with Gasteiger partial charge in [-0.25, -0.2) is 0 Å². The summed E-state index contributed by atoms with van der Waals surface area (Å²) in [6.07, 6.45) is 12.1. The molecule has 0 aromatic rings. The van der Waals surface area contributed by atoms with Crippen molar-refractivity contribution in [1.82, 2.24) is 0 Å². The minimum Gasteiger partial charge on any atom is -0.0654 e. The Morgan fingerprint density at radius 3 is 2.50 bits per heavy atom. The molecule has 0 aliphatic heterocycles. The Kier molecular flexibility index (Phi) is 4.33. The van der Waals surface area contributed by atoms with Gasteiger partial charge in [-0.3, -0.25) is 0 Å². The molecule has 0 aromatic heterocycles. The molecule has 0 radical (unpaired) electrons. The average molecular weight is 222 g/mol. The standard InChI is InChI=1S/C16H30/c1-4-5-14-8-9-15(11-14)16-10-12(2)6-7-13(16)3/h12-16H,4-11H2,1-3H3.